The Hall–Kier alpha value is -10.2. The number of amides is 4. The summed E-state index contributed by atoms with van der Waals surface area (Å²) in [6, 6.07) is 80.3. The maximum absolute atomic E-state index is 14.5. The van der Waals surface area contributed by atoms with E-state index in [2.05, 4.69) is 97.4 Å². The molecule has 0 saturated carbocycles. The number of benzene rings is 9. The molecule has 0 aliphatic heterocycles. The fourth-order valence-electron chi connectivity index (χ4n) is 12.9. The van der Waals surface area contributed by atoms with Gasteiger partial charge in [-0.15, -0.1) is 0 Å². The van der Waals surface area contributed by atoms with Crippen LogP contribution in [0.25, 0.3) is 0 Å². The number of carbonyl (C=O) groups excluding carboxylic acids is 6. The molecular weight excluding hydrogens is 1350 g/mol. The molecule has 0 heterocycles. The van der Waals surface area contributed by atoms with Gasteiger partial charge in [-0.3, -0.25) is 28.8 Å². The van der Waals surface area contributed by atoms with Crippen LogP contribution in [0.4, 0.5) is 0 Å². The Morgan fingerprint density at radius 1 is 0.443 bits per heavy atom. The van der Waals surface area contributed by atoms with Gasteiger partial charge in [-0.05, 0) is 83.9 Å². The Kier molecular flexibility index (Phi) is 30.4. The Labute approximate surface area is 623 Å². The number of aliphatic hydroxyl groups excluding tert-OH is 1. The fourth-order valence-corrected chi connectivity index (χ4v) is 17.5. The lowest BCUT2D eigenvalue weighted by Gasteiger charge is -2.43. The van der Waals surface area contributed by atoms with E-state index in [0.29, 0.717) is 25.9 Å². The minimum atomic E-state index is -2.73. The molecule has 1 unspecified atom stereocenters. The number of nitrogens with two attached hydrogens (primary N) is 1. The van der Waals surface area contributed by atoms with Gasteiger partial charge in [-0.25, -0.2) is 0 Å². The minimum Gasteiger partial charge on any atom is -0.465 e. The van der Waals surface area contributed by atoms with Crippen molar-refractivity contribution in [3.63, 3.8) is 0 Å². The third kappa shape index (κ3) is 23.4. The van der Waals surface area contributed by atoms with E-state index in [1.54, 1.807) is 0 Å². The number of hydrogen-bond donors (Lipinski definition) is 5. The molecule has 0 aliphatic carbocycles. The first-order valence-electron chi connectivity index (χ1n) is 36.0. The molecule has 106 heavy (non-hydrogen) atoms. The van der Waals surface area contributed by atoms with Gasteiger partial charge < -0.3 is 59.6 Å². The van der Waals surface area contributed by atoms with Crippen molar-refractivity contribution in [1.29, 1.82) is 0 Å². The van der Waals surface area contributed by atoms with Gasteiger partial charge in [-0.1, -0.05) is 276 Å². The number of aliphatic hydroxyl groups is 1. The van der Waals surface area contributed by atoms with Gasteiger partial charge in [0.25, 0.3) is 8.32 Å². The van der Waals surface area contributed by atoms with Crippen LogP contribution < -0.4 is 32.1 Å². The lowest BCUT2D eigenvalue weighted by atomic mass is 9.80. The molecule has 3 atom stereocenters. The minimum absolute atomic E-state index is 0.0179. The lowest BCUT2D eigenvalue weighted by Crippen LogP contribution is -2.66. The van der Waals surface area contributed by atoms with Crippen molar-refractivity contribution in [1.82, 2.24) is 16.0 Å². The second-order valence-electron chi connectivity index (χ2n) is 27.6. The zero-order valence-corrected chi connectivity index (χ0v) is 62.0. The Morgan fingerprint density at radius 3 is 1.28 bits per heavy atom. The SMILES string of the molecule is CC(=O)N[C@@H](Cc1ccccc1)C(=O)N[C@@H](COC(c1ccccc1)(c1ccccc1)c1ccccc1)C(=O)NCC(=O)OCCc1ccc(COCC(COCc2ccc(CCO)cc2)(COCc2ccc(CCO[Si](c3ccccc3)(c3ccccc3)C(C)(C)C)cc2)COC(=O)CCC(N)=O)cc1. The number of esters is 2. The largest absolute Gasteiger partial charge is 0.465 e. The van der Waals surface area contributed by atoms with Crippen molar-refractivity contribution in [3.05, 3.63) is 310 Å². The maximum atomic E-state index is 14.5. The number of carbonyl (C=O) groups is 6. The van der Waals surface area contributed by atoms with Crippen LogP contribution in [-0.2, 0) is 113 Å². The van der Waals surface area contributed by atoms with Crippen LogP contribution in [0.5, 0.6) is 0 Å². The summed E-state index contributed by atoms with van der Waals surface area (Å²) in [4.78, 5) is 79.7. The van der Waals surface area contributed by atoms with Gasteiger partial charge in [0.05, 0.1) is 64.7 Å². The van der Waals surface area contributed by atoms with Crippen LogP contribution in [0.3, 0.4) is 0 Å². The van der Waals surface area contributed by atoms with Gasteiger partial charge in [-0.2, -0.15) is 0 Å². The molecule has 0 bridgehead atoms. The van der Waals surface area contributed by atoms with Gasteiger partial charge in [0, 0.05) is 39.4 Å². The number of hydrogen-bond acceptors (Lipinski definition) is 14. The summed E-state index contributed by atoms with van der Waals surface area (Å²) in [7, 11) is -2.73. The Morgan fingerprint density at radius 2 is 0.858 bits per heavy atom. The van der Waals surface area contributed by atoms with Crippen LogP contribution in [0.1, 0.15) is 96.2 Å². The van der Waals surface area contributed by atoms with Crippen LogP contribution in [-0.4, -0.2) is 120 Å². The average molecular weight is 1450 g/mol. The maximum Gasteiger partial charge on any atom is 0.325 e. The van der Waals surface area contributed by atoms with E-state index < -0.39 is 73.5 Å². The van der Waals surface area contributed by atoms with Crippen molar-refractivity contribution < 1.29 is 66.7 Å². The quantitative estimate of drug-likeness (QED) is 0.0136. The predicted octanol–water partition coefficient (Wildman–Crippen LogP) is 10.5. The molecule has 4 amide bonds. The Balaban J connectivity index is 0.837. The molecule has 18 nitrogen and oxygen atoms in total. The van der Waals surface area contributed by atoms with Crippen molar-refractivity contribution >= 4 is 54.3 Å². The van der Waals surface area contributed by atoms with Gasteiger partial charge >= 0.3 is 11.9 Å². The molecule has 0 aliphatic rings. The molecule has 9 aromatic rings. The van der Waals surface area contributed by atoms with Crippen molar-refractivity contribution in [2.45, 2.75) is 109 Å². The van der Waals surface area contributed by atoms with Gasteiger partial charge in [0.15, 0.2) is 0 Å². The first kappa shape index (κ1) is 79.9. The molecule has 6 N–H and O–H groups in total. The highest BCUT2D eigenvalue weighted by atomic mass is 28.4. The molecule has 9 rings (SSSR count). The molecule has 0 radical (unpaired) electrons. The molecule has 0 fully saturated rings. The van der Waals surface area contributed by atoms with E-state index in [4.69, 9.17) is 38.6 Å². The number of ether oxygens (including phenoxy) is 6. The van der Waals surface area contributed by atoms with Crippen LogP contribution >= 0.6 is 0 Å². The third-order valence-corrected chi connectivity index (χ3v) is 23.5. The van der Waals surface area contributed by atoms with Crippen molar-refractivity contribution in [2.75, 3.05) is 59.4 Å². The van der Waals surface area contributed by atoms with Crippen molar-refractivity contribution in [2.24, 2.45) is 11.1 Å². The van der Waals surface area contributed by atoms with E-state index in [-0.39, 0.29) is 90.4 Å². The molecule has 9 aromatic carbocycles. The molecule has 19 heteroatoms. The summed E-state index contributed by atoms with van der Waals surface area (Å²) < 4.78 is 45.2. The molecule has 0 aromatic heterocycles. The third-order valence-electron chi connectivity index (χ3n) is 18.4. The van der Waals surface area contributed by atoms with Crippen molar-refractivity contribution in [3.8, 4) is 0 Å². The standard InChI is InChI=1S/C87H98N4O14Si/c1-65(93)90-78(55-69-23-11-5-12-24-69)84(98)91-79(60-104-87(73-25-13-6-14-26-73,74-27-15-7-16-28-74)75-29-17-8-18-30-75)83(97)89-56-82(96)102-53-50-67-37-43-71(44-38-67)58-100-62-86(64-103-81(95)48-47-80(88)94,61-99-57-70-41-35-66(36-42-70)49-52-92)63-101-59-72-45-39-68(40-46-72)51-54-105-106(85(2,3)4,76-31-19-9-20-32-76)77-33-21-10-22-34-77/h5-46,78-79,92H,47-64H2,1-4H3,(H2,88,94)(H,89,97)(H,90,93)(H,91,98)/t78-,79-,86?/m0/s1. The average Bonchev–Trinajstić information content (AvgIpc) is 0.751. The normalized spacial score (nSPS) is 12.8. The first-order chi connectivity index (χ1) is 51.4. The van der Waals surface area contributed by atoms with Crippen LogP contribution in [0, 0.1) is 5.41 Å². The monoisotopic (exact) mass is 1450 g/mol. The van der Waals surface area contributed by atoms with Gasteiger partial charge in [0.1, 0.15) is 30.8 Å². The first-order valence-corrected chi connectivity index (χ1v) is 37.9. The summed E-state index contributed by atoms with van der Waals surface area (Å²) in [6.45, 7) is 8.35. The predicted molar refractivity (Wildman–Crippen MR) is 411 cm³/mol. The topological polar surface area (TPSA) is 249 Å². The molecule has 0 saturated heterocycles. The second-order valence-corrected chi connectivity index (χ2v) is 31.9. The number of primary amides is 1. The molecule has 0 spiro atoms. The summed E-state index contributed by atoms with van der Waals surface area (Å²) in [5, 5.41) is 20.1. The smallest absolute Gasteiger partial charge is 0.325 e. The van der Waals surface area contributed by atoms with Crippen LogP contribution in [0.2, 0.25) is 5.04 Å². The second kappa shape index (κ2) is 40.3. The summed E-state index contributed by atoms with van der Waals surface area (Å²) >= 11 is 0. The zero-order chi connectivity index (χ0) is 75.0. The summed E-state index contributed by atoms with van der Waals surface area (Å²) in [5.41, 5.74) is 11.8. The number of rotatable bonds is 42. The number of nitrogens with one attached hydrogen (secondary N) is 3. The van der Waals surface area contributed by atoms with E-state index >= 15 is 0 Å². The van der Waals surface area contributed by atoms with Crippen LogP contribution in [0.15, 0.2) is 255 Å². The van der Waals surface area contributed by atoms with E-state index in [1.165, 1.54) is 17.3 Å². The highest BCUT2D eigenvalue weighted by Gasteiger charge is 2.50. The molecular formula is C87H98N4O14Si. The highest BCUT2D eigenvalue weighted by molar-refractivity contribution is 6.99. The summed E-state index contributed by atoms with van der Waals surface area (Å²) in [6.07, 6.45) is 1.31. The highest BCUT2D eigenvalue weighted by Crippen LogP contribution is 2.41. The lowest BCUT2D eigenvalue weighted by molar-refractivity contribution is -0.158. The summed E-state index contributed by atoms with van der Waals surface area (Å²) in [5.74, 6) is -3.76. The van der Waals surface area contributed by atoms with Gasteiger partial charge in [0.2, 0.25) is 23.6 Å². The zero-order valence-electron chi connectivity index (χ0n) is 61.0. The Bertz CT molecular complexity index is 4040. The molecule has 554 valence electrons. The van der Waals surface area contributed by atoms with E-state index in [0.717, 1.165) is 55.6 Å². The van der Waals surface area contributed by atoms with E-state index in [1.807, 2.05) is 194 Å². The fraction of sp³-hybridized carbons (Fsp3) is 0.310. The van der Waals surface area contributed by atoms with E-state index in [9.17, 15) is 33.9 Å².